The van der Waals surface area contributed by atoms with Crippen LogP contribution in [-0.4, -0.2) is 14.8 Å². The summed E-state index contributed by atoms with van der Waals surface area (Å²) in [4.78, 5) is 4.49. The van der Waals surface area contributed by atoms with Gasteiger partial charge in [0, 0.05) is 18.4 Å². The Bertz CT molecular complexity index is 532. The van der Waals surface area contributed by atoms with Gasteiger partial charge in [-0.05, 0) is 38.0 Å². The van der Waals surface area contributed by atoms with E-state index < -0.39 is 0 Å². The van der Waals surface area contributed by atoms with E-state index in [0.717, 1.165) is 17.8 Å². The van der Waals surface area contributed by atoms with Crippen LogP contribution < -0.4 is 11.3 Å². The second kappa shape index (κ2) is 5.95. The van der Waals surface area contributed by atoms with Crippen molar-refractivity contribution < 1.29 is 0 Å². The van der Waals surface area contributed by atoms with Gasteiger partial charge in [0.2, 0.25) is 0 Å². The molecule has 5 nitrogen and oxygen atoms in total. The molecule has 2 aromatic rings. The second-order valence-corrected chi connectivity index (χ2v) is 4.80. The third-order valence-electron chi connectivity index (χ3n) is 3.23. The third-order valence-corrected chi connectivity index (χ3v) is 3.23. The molecule has 3 N–H and O–H groups in total. The number of hydrazine groups is 1. The zero-order valence-corrected chi connectivity index (χ0v) is 11.7. The first-order valence-electron chi connectivity index (χ1n) is 6.62. The molecule has 19 heavy (non-hydrogen) atoms. The van der Waals surface area contributed by atoms with Crippen LogP contribution in [0.2, 0.25) is 0 Å². The van der Waals surface area contributed by atoms with Gasteiger partial charge in [0.15, 0.2) is 0 Å². The molecule has 0 radical (unpaired) electrons. The SMILES string of the molecule is CCc1cccnc1C(NN)c1ccnn1C(C)C. The lowest BCUT2D eigenvalue weighted by molar-refractivity contribution is 0.471. The highest BCUT2D eigenvalue weighted by Gasteiger charge is 2.21. The number of hydrogen-bond donors (Lipinski definition) is 2. The van der Waals surface area contributed by atoms with E-state index in [-0.39, 0.29) is 12.1 Å². The number of nitrogens with two attached hydrogens (primary N) is 1. The maximum atomic E-state index is 5.76. The van der Waals surface area contributed by atoms with Gasteiger partial charge in [-0.3, -0.25) is 15.5 Å². The van der Waals surface area contributed by atoms with E-state index in [1.54, 1.807) is 12.4 Å². The van der Waals surface area contributed by atoms with Gasteiger partial charge in [-0.2, -0.15) is 5.10 Å². The lowest BCUT2D eigenvalue weighted by Gasteiger charge is -2.21. The predicted octanol–water partition coefficient (Wildman–Crippen LogP) is 1.97. The number of aryl methyl sites for hydroxylation is 1. The summed E-state index contributed by atoms with van der Waals surface area (Å²) in [5, 5.41) is 4.36. The van der Waals surface area contributed by atoms with Gasteiger partial charge in [-0.15, -0.1) is 0 Å². The molecule has 2 rings (SSSR count). The summed E-state index contributed by atoms with van der Waals surface area (Å²) in [6.07, 6.45) is 4.53. The monoisotopic (exact) mass is 259 g/mol. The fourth-order valence-electron chi connectivity index (χ4n) is 2.30. The van der Waals surface area contributed by atoms with Crippen LogP contribution in [-0.2, 0) is 6.42 Å². The fourth-order valence-corrected chi connectivity index (χ4v) is 2.30. The molecule has 2 aromatic heterocycles. The van der Waals surface area contributed by atoms with Crippen LogP contribution in [0.25, 0.3) is 0 Å². The van der Waals surface area contributed by atoms with Gasteiger partial charge in [0.1, 0.15) is 6.04 Å². The topological polar surface area (TPSA) is 68.8 Å². The summed E-state index contributed by atoms with van der Waals surface area (Å²) in [7, 11) is 0. The highest BCUT2D eigenvalue weighted by Crippen LogP contribution is 2.24. The molecule has 1 atom stereocenters. The molecule has 0 fully saturated rings. The maximum Gasteiger partial charge on any atom is 0.105 e. The second-order valence-electron chi connectivity index (χ2n) is 4.80. The van der Waals surface area contributed by atoms with E-state index in [2.05, 4.69) is 42.3 Å². The summed E-state index contributed by atoms with van der Waals surface area (Å²) < 4.78 is 1.97. The molecule has 0 aromatic carbocycles. The summed E-state index contributed by atoms with van der Waals surface area (Å²) in [6.45, 7) is 6.32. The number of hydrogen-bond acceptors (Lipinski definition) is 4. The van der Waals surface area contributed by atoms with Gasteiger partial charge in [-0.1, -0.05) is 13.0 Å². The first kappa shape index (κ1) is 13.7. The number of rotatable bonds is 5. The molecule has 0 saturated heterocycles. The molecular formula is C14H21N5. The van der Waals surface area contributed by atoms with Crippen molar-refractivity contribution in [3.05, 3.63) is 47.5 Å². The molecule has 0 amide bonds. The van der Waals surface area contributed by atoms with Crippen molar-refractivity contribution >= 4 is 0 Å². The third kappa shape index (κ3) is 2.67. The van der Waals surface area contributed by atoms with Crippen LogP contribution >= 0.6 is 0 Å². The molecule has 0 spiro atoms. The number of nitrogens with zero attached hydrogens (tertiary/aromatic N) is 3. The largest absolute Gasteiger partial charge is 0.270 e. The Morgan fingerprint density at radius 3 is 2.74 bits per heavy atom. The van der Waals surface area contributed by atoms with E-state index in [9.17, 15) is 0 Å². The number of pyridine rings is 1. The average Bonchev–Trinajstić information content (AvgIpc) is 2.89. The van der Waals surface area contributed by atoms with Gasteiger partial charge in [0.05, 0.1) is 11.4 Å². The lowest BCUT2D eigenvalue weighted by atomic mass is 10.0. The molecule has 0 aliphatic heterocycles. The van der Waals surface area contributed by atoms with Crippen molar-refractivity contribution in [1.29, 1.82) is 0 Å². The fraction of sp³-hybridized carbons (Fsp3) is 0.429. The quantitative estimate of drug-likeness (QED) is 0.636. The molecular weight excluding hydrogens is 238 g/mol. The van der Waals surface area contributed by atoms with Crippen molar-refractivity contribution in [2.24, 2.45) is 5.84 Å². The molecule has 0 bridgehead atoms. The van der Waals surface area contributed by atoms with Crippen molar-refractivity contribution in [3.63, 3.8) is 0 Å². The van der Waals surface area contributed by atoms with Crippen LogP contribution in [0.4, 0.5) is 0 Å². The standard InChI is InChI=1S/C14H21N5/c1-4-11-6-5-8-16-13(11)14(18-15)12-7-9-17-19(12)10(2)3/h5-10,14,18H,4,15H2,1-3H3. The molecule has 2 heterocycles. The van der Waals surface area contributed by atoms with Crippen molar-refractivity contribution in [1.82, 2.24) is 20.2 Å². The molecule has 0 aliphatic carbocycles. The smallest absolute Gasteiger partial charge is 0.105 e. The highest BCUT2D eigenvalue weighted by molar-refractivity contribution is 5.29. The Hall–Kier alpha value is -1.72. The summed E-state index contributed by atoms with van der Waals surface area (Å²) >= 11 is 0. The lowest BCUT2D eigenvalue weighted by Crippen LogP contribution is -2.32. The van der Waals surface area contributed by atoms with Gasteiger partial charge < -0.3 is 0 Å². The maximum absolute atomic E-state index is 5.76. The molecule has 1 unspecified atom stereocenters. The van der Waals surface area contributed by atoms with Crippen LogP contribution in [0.15, 0.2) is 30.6 Å². The van der Waals surface area contributed by atoms with E-state index in [0.29, 0.717) is 0 Å². The summed E-state index contributed by atoms with van der Waals surface area (Å²) in [6, 6.07) is 6.17. The van der Waals surface area contributed by atoms with Crippen molar-refractivity contribution in [3.8, 4) is 0 Å². The first-order chi connectivity index (χ1) is 9.19. The molecule has 0 saturated carbocycles. The summed E-state index contributed by atoms with van der Waals surface area (Å²) in [5.41, 5.74) is 6.06. The Labute approximate surface area is 113 Å². The van der Waals surface area contributed by atoms with Gasteiger partial charge in [-0.25, -0.2) is 5.43 Å². The highest BCUT2D eigenvalue weighted by atomic mass is 15.3. The molecule has 102 valence electrons. The first-order valence-corrected chi connectivity index (χ1v) is 6.62. The number of nitrogens with one attached hydrogen (secondary N) is 1. The Balaban J connectivity index is 2.47. The van der Waals surface area contributed by atoms with Gasteiger partial charge >= 0.3 is 0 Å². The van der Waals surface area contributed by atoms with E-state index in [4.69, 9.17) is 5.84 Å². The van der Waals surface area contributed by atoms with Crippen LogP contribution in [0.3, 0.4) is 0 Å². The summed E-state index contributed by atoms with van der Waals surface area (Å²) in [5.74, 6) is 5.76. The van der Waals surface area contributed by atoms with Crippen molar-refractivity contribution in [2.75, 3.05) is 0 Å². The normalized spacial score (nSPS) is 12.9. The van der Waals surface area contributed by atoms with Crippen LogP contribution in [0.5, 0.6) is 0 Å². The Morgan fingerprint density at radius 1 is 1.32 bits per heavy atom. The zero-order chi connectivity index (χ0) is 13.8. The zero-order valence-electron chi connectivity index (χ0n) is 11.7. The minimum atomic E-state index is -0.138. The Kier molecular flexibility index (Phi) is 4.29. The van der Waals surface area contributed by atoms with Gasteiger partial charge in [0.25, 0.3) is 0 Å². The van der Waals surface area contributed by atoms with Crippen LogP contribution in [0, 0.1) is 0 Å². The van der Waals surface area contributed by atoms with Crippen LogP contribution in [0.1, 0.15) is 49.8 Å². The predicted molar refractivity (Wildman–Crippen MR) is 75.4 cm³/mol. The average molecular weight is 259 g/mol. The van der Waals surface area contributed by atoms with E-state index in [1.165, 1.54) is 5.56 Å². The minimum absolute atomic E-state index is 0.138. The van der Waals surface area contributed by atoms with E-state index in [1.807, 2.05) is 16.8 Å². The number of aromatic nitrogens is 3. The minimum Gasteiger partial charge on any atom is -0.270 e. The molecule has 0 aliphatic rings. The molecule has 5 heteroatoms. The Morgan fingerprint density at radius 2 is 2.11 bits per heavy atom. The van der Waals surface area contributed by atoms with Crippen molar-refractivity contribution in [2.45, 2.75) is 39.3 Å². The van der Waals surface area contributed by atoms with E-state index >= 15 is 0 Å².